The molecule has 2 fully saturated rings. The summed E-state index contributed by atoms with van der Waals surface area (Å²) >= 11 is 6.76. The molecular weight excluding hydrogens is 418 g/mol. The van der Waals surface area contributed by atoms with Crippen LogP contribution in [0.15, 0.2) is 71.3 Å². The summed E-state index contributed by atoms with van der Waals surface area (Å²) in [7, 11) is 0. The standard InChI is InChI=1S/C28H34ClNO2/c29-26(27(31)32)25(21-13-5-1-6-14-21)28(22-15-7-2-8-16-22,23-17-9-3-10-18-23)30-24-19-11-4-12-20-24/h2-3,7-10,15-18,21,24,30H,1,4-6,11-14,19-20H2,(H,31,32)/b26-25-. The highest BCUT2D eigenvalue weighted by Crippen LogP contribution is 2.47. The van der Waals surface area contributed by atoms with Crippen molar-refractivity contribution >= 4 is 17.6 Å². The van der Waals surface area contributed by atoms with Gasteiger partial charge in [0, 0.05) is 6.04 Å². The van der Waals surface area contributed by atoms with Crippen LogP contribution in [0.3, 0.4) is 0 Å². The van der Waals surface area contributed by atoms with E-state index in [9.17, 15) is 9.90 Å². The van der Waals surface area contributed by atoms with Gasteiger partial charge in [0.05, 0.1) is 5.54 Å². The third-order valence-electron chi connectivity index (χ3n) is 7.28. The van der Waals surface area contributed by atoms with Gasteiger partial charge < -0.3 is 5.11 Å². The molecule has 2 saturated carbocycles. The molecule has 0 aliphatic heterocycles. The van der Waals surface area contributed by atoms with E-state index in [4.69, 9.17) is 11.6 Å². The monoisotopic (exact) mass is 451 g/mol. The molecule has 0 aromatic heterocycles. The van der Waals surface area contributed by atoms with Crippen molar-refractivity contribution in [3.05, 3.63) is 82.4 Å². The lowest BCUT2D eigenvalue weighted by Crippen LogP contribution is -2.52. The zero-order valence-corrected chi connectivity index (χ0v) is 19.5. The second kappa shape index (κ2) is 10.7. The second-order valence-corrected chi connectivity index (χ2v) is 9.71. The van der Waals surface area contributed by atoms with Crippen LogP contribution in [0.25, 0.3) is 0 Å². The highest BCUT2D eigenvalue weighted by atomic mass is 35.5. The molecule has 2 N–H and O–H groups in total. The van der Waals surface area contributed by atoms with Crippen molar-refractivity contribution in [2.75, 3.05) is 0 Å². The molecule has 0 bridgehead atoms. The topological polar surface area (TPSA) is 49.3 Å². The number of hydrogen-bond donors (Lipinski definition) is 2. The highest BCUT2D eigenvalue weighted by Gasteiger charge is 2.45. The fourth-order valence-corrected chi connectivity index (χ4v) is 6.10. The van der Waals surface area contributed by atoms with E-state index < -0.39 is 11.5 Å². The average molecular weight is 452 g/mol. The zero-order chi connectivity index (χ0) is 22.4. The van der Waals surface area contributed by atoms with E-state index in [1.807, 2.05) is 36.4 Å². The quantitative estimate of drug-likeness (QED) is 0.445. The third kappa shape index (κ3) is 4.79. The minimum atomic E-state index is -1.03. The second-order valence-electron chi connectivity index (χ2n) is 9.33. The molecule has 4 heteroatoms. The van der Waals surface area contributed by atoms with Gasteiger partial charge >= 0.3 is 5.97 Å². The first-order chi connectivity index (χ1) is 15.6. The van der Waals surface area contributed by atoms with Crippen LogP contribution in [-0.4, -0.2) is 17.1 Å². The molecule has 0 amide bonds. The first-order valence-corrected chi connectivity index (χ1v) is 12.5. The maximum atomic E-state index is 12.4. The SMILES string of the molecule is O=C(O)/C(Cl)=C(\C1CCCCC1)C(NC1CCCCC1)(c1ccccc1)c1ccccc1. The smallest absolute Gasteiger partial charge is 0.347 e. The summed E-state index contributed by atoms with van der Waals surface area (Å²) < 4.78 is 0. The maximum absolute atomic E-state index is 12.4. The van der Waals surface area contributed by atoms with Crippen molar-refractivity contribution in [1.29, 1.82) is 0 Å². The van der Waals surface area contributed by atoms with Crippen molar-refractivity contribution in [2.45, 2.75) is 75.8 Å². The summed E-state index contributed by atoms with van der Waals surface area (Å²) in [5.41, 5.74) is 2.21. The number of rotatable bonds is 7. The molecule has 2 aromatic rings. The molecule has 0 spiro atoms. The predicted octanol–water partition coefficient (Wildman–Crippen LogP) is 7.01. The maximum Gasteiger partial charge on any atom is 0.347 e. The Morgan fingerprint density at radius 3 is 1.72 bits per heavy atom. The predicted molar refractivity (Wildman–Crippen MR) is 131 cm³/mol. The van der Waals surface area contributed by atoms with Gasteiger partial charge in [0.1, 0.15) is 5.03 Å². The number of benzene rings is 2. The molecular formula is C28H34ClNO2. The number of carboxylic acids is 1. The lowest BCUT2D eigenvalue weighted by Gasteiger charge is -2.46. The number of carboxylic acid groups (broad SMARTS) is 1. The minimum absolute atomic E-state index is 0.0204. The fourth-order valence-electron chi connectivity index (χ4n) is 5.81. The molecule has 4 rings (SSSR count). The first-order valence-electron chi connectivity index (χ1n) is 12.1. The zero-order valence-electron chi connectivity index (χ0n) is 18.7. The Hall–Kier alpha value is -2.10. The van der Waals surface area contributed by atoms with Crippen LogP contribution >= 0.6 is 11.6 Å². The molecule has 0 atom stereocenters. The number of nitrogens with one attached hydrogen (secondary N) is 1. The van der Waals surface area contributed by atoms with Crippen LogP contribution in [0, 0.1) is 5.92 Å². The molecule has 0 unspecified atom stereocenters. The van der Waals surface area contributed by atoms with Gasteiger partial charge in [-0.1, -0.05) is 111 Å². The third-order valence-corrected chi connectivity index (χ3v) is 7.65. The van der Waals surface area contributed by atoms with Gasteiger partial charge in [-0.05, 0) is 48.3 Å². The van der Waals surface area contributed by atoms with Crippen molar-refractivity contribution in [2.24, 2.45) is 5.92 Å². The van der Waals surface area contributed by atoms with E-state index in [-0.39, 0.29) is 11.0 Å². The number of hydrogen-bond acceptors (Lipinski definition) is 2. The van der Waals surface area contributed by atoms with E-state index in [1.54, 1.807) is 0 Å². The van der Waals surface area contributed by atoms with Gasteiger partial charge in [0.25, 0.3) is 0 Å². The Labute approximate surface area is 196 Å². The Kier molecular flexibility index (Phi) is 7.70. The van der Waals surface area contributed by atoms with Gasteiger partial charge in [-0.15, -0.1) is 0 Å². The Morgan fingerprint density at radius 1 is 0.781 bits per heavy atom. The summed E-state index contributed by atoms with van der Waals surface area (Å²) in [5, 5.41) is 14.1. The normalized spacial score (nSPS) is 19.4. The largest absolute Gasteiger partial charge is 0.477 e. The van der Waals surface area contributed by atoms with Crippen molar-refractivity contribution < 1.29 is 9.90 Å². The van der Waals surface area contributed by atoms with E-state index in [0.29, 0.717) is 6.04 Å². The van der Waals surface area contributed by atoms with Crippen molar-refractivity contribution in [3.63, 3.8) is 0 Å². The molecule has 0 saturated heterocycles. The lowest BCUT2D eigenvalue weighted by atomic mass is 9.67. The van der Waals surface area contributed by atoms with Crippen LogP contribution in [0.4, 0.5) is 0 Å². The van der Waals surface area contributed by atoms with E-state index in [0.717, 1.165) is 55.2 Å². The number of carbonyl (C=O) groups is 1. The number of aliphatic carboxylic acids is 1. The first kappa shape index (κ1) is 23.1. The van der Waals surface area contributed by atoms with Crippen molar-refractivity contribution in [1.82, 2.24) is 5.32 Å². The average Bonchev–Trinajstić information content (AvgIpc) is 2.86. The lowest BCUT2D eigenvalue weighted by molar-refractivity contribution is -0.132. The summed E-state index contributed by atoms with van der Waals surface area (Å²) in [6.45, 7) is 0. The van der Waals surface area contributed by atoms with Crippen molar-refractivity contribution in [3.8, 4) is 0 Å². The molecule has 2 aromatic carbocycles. The van der Waals surface area contributed by atoms with Gasteiger partial charge in [0.2, 0.25) is 0 Å². The summed E-state index contributed by atoms with van der Waals surface area (Å²) in [5.74, 6) is -0.891. The van der Waals surface area contributed by atoms with E-state index >= 15 is 0 Å². The molecule has 0 heterocycles. The van der Waals surface area contributed by atoms with Gasteiger partial charge in [-0.2, -0.15) is 0 Å². The Bertz CT molecular complexity index is 873. The van der Waals surface area contributed by atoms with Crippen LogP contribution in [0.2, 0.25) is 0 Å². The number of halogens is 1. The van der Waals surface area contributed by atoms with Gasteiger partial charge in [-0.25, -0.2) is 4.79 Å². The molecule has 0 radical (unpaired) electrons. The summed E-state index contributed by atoms with van der Waals surface area (Å²) in [6, 6.07) is 21.0. The molecule has 32 heavy (non-hydrogen) atoms. The fraction of sp³-hybridized carbons (Fsp3) is 0.464. The molecule has 2 aliphatic rings. The summed E-state index contributed by atoms with van der Waals surface area (Å²) in [4.78, 5) is 12.4. The molecule has 2 aliphatic carbocycles. The van der Waals surface area contributed by atoms with Gasteiger partial charge in [-0.3, -0.25) is 5.32 Å². The molecule has 3 nitrogen and oxygen atoms in total. The molecule has 170 valence electrons. The Morgan fingerprint density at radius 2 is 1.25 bits per heavy atom. The Balaban J connectivity index is 1.99. The van der Waals surface area contributed by atoms with E-state index in [2.05, 4.69) is 29.6 Å². The van der Waals surface area contributed by atoms with Gasteiger partial charge in [0.15, 0.2) is 0 Å². The summed E-state index contributed by atoms with van der Waals surface area (Å²) in [6.07, 6.45) is 11.3. The van der Waals surface area contributed by atoms with E-state index in [1.165, 1.54) is 25.7 Å². The van der Waals surface area contributed by atoms with Crippen LogP contribution in [0.5, 0.6) is 0 Å². The minimum Gasteiger partial charge on any atom is -0.477 e. The van der Waals surface area contributed by atoms with Crippen LogP contribution in [-0.2, 0) is 10.3 Å². The highest BCUT2D eigenvalue weighted by molar-refractivity contribution is 6.41. The van der Waals surface area contributed by atoms with Crippen LogP contribution < -0.4 is 5.32 Å². The van der Waals surface area contributed by atoms with Crippen LogP contribution in [0.1, 0.15) is 75.3 Å².